The van der Waals surface area contributed by atoms with Gasteiger partial charge >= 0.3 is 0 Å². The van der Waals surface area contributed by atoms with Gasteiger partial charge in [0.25, 0.3) is 0 Å². The molecule has 1 aliphatic rings. The second-order valence-corrected chi connectivity index (χ2v) is 6.78. The first-order valence-corrected chi connectivity index (χ1v) is 7.16. The summed E-state index contributed by atoms with van der Waals surface area (Å²) in [5.74, 6) is -0.721. The van der Waals surface area contributed by atoms with Crippen molar-refractivity contribution in [3.05, 3.63) is 30.1 Å². The predicted octanol–water partition coefficient (Wildman–Crippen LogP) is 1.63. The van der Waals surface area contributed by atoms with Gasteiger partial charge in [-0.15, -0.1) is 0 Å². The van der Waals surface area contributed by atoms with Crippen molar-refractivity contribution in [2.24, 2.45) is 0 Å². The Kier molecular flexibility index (Phi) is 3.44. The van der Waals surface area contributed by atoms with Crippen molar-refractivity contribution in [3.63, 3.8) is 0 Å². The van der Waals surface area contributed by atoms with E-state index in [1.807, 2.05) is 13.8 Å². The normalized spacial score (nSPS) is 20.8. The molecule has 1 saturated heterocycles. The average Bonchev–Trinajstić information content (AvgIpc) is 2.28. The van der Waals surface area contributed by atoms with E-state index in [1.54, 1.807) is 0 Å². The molecule has 0 aliphatic carbocycles. The number of nitrogens with zero attached hydrogens (tertiary/aromatic N) is 1. The van der Waals surface area contributed by atoms with Crippen LogP contribution in [-0.2, 0) is 14.8 Å². The summed E-state index contributed by atoms with van der Waals surface area (Å²) in [6.45, 7) is 4.43. The summed E-state index contributed by atoms with van der Waals surface area (Å²) in [6, 6.07) is 5.42. The van der Waals surface area contributed by atoms with Crippen LogP contribution in [0.25, 0.3) is 0 Å². The Bertz CT molecular complexity index is 542. The lowest BCUT2D eigenvalue weighted by Crippen LogP contribution is -2.50. The van der Waals surface area contributed by atoms with Gasteiger partial charge in [-0.2, -0.15) is 4.31 Å². The van der Waals surface area contributed by atoms with Gasteiger partial charge in [0.15, 0.2) is 0 Å². The first-order chi connectivity index (χ1) is 8.33. The highest BCUT2D eigenvalue weighted by Crippen LogP contribution is 2.24. The maximum Gasteiger partial charge on any atom is 0.246 e. The molecule has 0 aromatic heterocycles. The Morgan fingerprint density at radius 2 is 2.00 bits per heavy atom. The van der Waals surface area contributed by atoms with Gasteiger partial charge in [0.1, 0.15) is 10.7 Å². The number of rotatable bonds is 2. The Hall–Kier alpha value is -0.980. The average molecular weight is 273 g/mol. The molecule has 0 unspecified atom stereocenters. The van der Waals surface area contributed by atoms with Crippen LogP contribution >= 0.6 is 0 Å². The van der Waals surface area contributed by atoms with E-state index < -0.39 is 21.4 Å². The summed E-state index contributed by atoms with van der Waals surface area (Å²) in [4.78, 5) is -0.275. The third kappa shape index (κ3) is 2.55. The second-order valence-electron chi connectivity index (χ2n) is 4.88. The first kappa shape index (κ1) is 13.5. The molecule has 1 heterocycles. The third-order valence-corrected chi connectivity index (χ3v) is 4.72. The van der Waals surface area contributed by atoms with Crippen LogP contribution < -0.4 is 0 Å². The molecule has 1 fully saturated rings. The zero-order valence-corrected chi connectivity index (χ0v) is 11.2. The molecule has 6 heteroatoms. The van der Waals surface area contributed by atoms with Crippen LogP contribution in [0.1, 0.15) is 13.8 Å². The van der Waals surface area contributed by atoms with E-state index in [9.17, 15) is 12.8 Å². The summed E-state index contributed by atoms with van der Waals surface area (Å²) < 4.78 is 45.0. The molecule has 0 spiro atoms. The number of sulfonamides is 1. The number of halogens is 1. The minimum atomic E-state index is -3.79. The minimum Gasteiger partial charge on any atom is -0.373 e. The number of morpholine rings is 1. The topological polar surface area (TPSA) is 46.6 Å². The molecule has 0 atom stereocenters. The van der Waals surface area contributed by atoms with E-state index in [-0.39, 0.29) is 18.0 Å². The molecule has 0 saturated carbocycles. The lowest BCUT2D eigenvalue weighted by atomic mass is 10.1. The van der Waals surface area contributed by atoms with Crippen LogP contribution in [-0.4, -0.2) is 38.0 Å². The zero-order chi connectivity index (χ0) is 13.4. The molecule has 1 aromatic rings. The highest BCUT2D eigenvalue weighted by Gasteiger charge is 2.35. The fraction of sp³-hybridized carbons (Fsp3) is 0.500. The zero-order valence-electron chi connectivity index (χ0n) is 10.4. The smallest absolute Gasteiger partial charge is 0.246 e. The van der Waals surface area contributed by atoms with Crippen LogP contribution in [0.4, 0.5) is 4.39 Å². The largest absolute Gasteiger partial charge is 0.373 e. The summed E-state index contributed by atoms with van der Waals surface area (Å²) in [7, 11) is -3.79. The Morgan fingerprint density at radius 3 is 2.61 bits per heavy atom. The van der Waals surface area contributed by atoms with E-state index in [1.165, 1.54) is 22.5 Å². The Morgan fingerprint density at radius 1 is 1.33 bits per heavy atom. The first-order valence-electron chi connectivity index (χ1n) is 5.72. The Labute approximate surface area is 106 Å². The van der Waals surface area contributed by atoms with Gasteiger partial charge < -0.3 is 4.74 Å². The van der Waals surface area contributed by atoms with Crippen LogP contribution in [0.15, 0.2) is 29.2 Å². The van der Waals surface area contributed by atoms with E-state index in [4.69, 9.17) is 4.74 Å². The SMILES string of the molecule is CC1(C)CN(S(=O)(=O)c2ccccc2F)CCO1. The standard InChI is InChI=1S/C12H16FNO3S/c1-12(2)9-14(7-8-17-12)18(15,16)11-6-4-3-5-10(11)13/h3-6H,7-9H2,1-2H3. The van der Waals surface area contributed by atoms with E-state index in [0.717, 1.165) is 6.07 Å². The molecule has 1 aliphatic heterocycles. The van der Waals surface area contributed by atoms with Gasteiger partial charge in [-0.05, 0) is 26.0 Å². The van der Waals surface area contributed by atoms with Gasteiger partial charge in [0.2, 0.25) is 10.0 Å². The van der Waals surface area contributed by atoms with Gasteiger partial charge in [-0.1, -0.05) is 12.1 Å². The molecule has 18 heavy (non-hydrogen) atoms. The molecule has 0 bridgehead atoms. The van der Waals surface area contributed by atoms with Crippen molar-refractivity contribution in [1.29, 1.82) is 0 Å². The molecule has 1 aromatic carbocycles. The summed E-state index contributed by atoms with van der Waals surface area (Å²) in [6.07, 6.45) is 0. The predicted molar refractivity (Wildman–Crippen MR) is 65.2 cm³/mol. The van der Waals surface area contributed by atoms with Crippen LogP contribution in [0.5, 0.6) is 0 Å². The van der Waals surface area contributed by atoms with Crippen molar-refractivity contribution in [2.75, 3.05) is 19.7 Å². The van der Waals surface area contributed by atoms with E-state index >= 15 is 0 Å². The molecule has 0 amide bonds. The quantitative estimate of drug-likeness (QED) is 0.822. The fourth-order valence-corrected chi connectivity index (χ4v) is 3.61. The monoisotopic (exact) mass is 273 g/mol. The van der Waals surface area contributed by atoms with Crippen molar-refractivity contribution < 1.29 is 17.5 Å². The molecule has 4 nitrogen and oxygen atoms in total. The highest BCUT2D eigenvalue weighted by atomic mass is 32.2. The van der Waals surface area contributed by atoms with Crippen LogP contribution in [0.3, 0.4) is 0 Å². The number of hydrogen-bond donors (Lipinski definition) is 0. The second kappa shape index (κ2) is 4.60. The van der Waals surface area contributed by atoms with Gasteiger partial charge in [0.05, 0.1) is 12.2 Å². The minimum absolute atomic E-state index is 0.226. The summed E-state index contributed by atoms with van der Waals surface area (Å²) in [5, 5.41) is 0. The van der Waals surface area contributed by atoms with Crippen molar-refractivity contribution >= 4 is 10.0 Å². The number of ether oxygens (including phenoxy) is 1. The molecular formula is C12H16FNO3S. The van der Waals surface area contributed by atoms with Crippen molar-refractivity contribution in [2.45, 2.75) is 24.3 Å². The molecule has 0 N–H and O–H groups in total. The van der Waals surface area contributed by atoms with Crippen molar-refractivity contribution in [3.8, 4) is 0 Å². The van der Waals surface area contributed by atoms with Crippen LogP contribution in [0, 0.1) is 5.82 Å². The summed E-state index contributed by atoms with van der Waals surface area (Å²) in [5.41, 5.74) is -0.545. The number of hydrogen-bond acceptors (Lipinski definition) is 3. The van der Waals surface area contributed by atoms with E-state index in [0.29, 0.717) is 6.61 Å². The molecule has 100 valence electrons. The van der Waals surface area contributed by atoms with Gasteiger partial charge in [0, 0.05) is 13.1 Å². The maximum absolute atomic E-state index is 13.6. The van der Waals surface area contributed by atoms with Gasteiger partial charge in [-0.3, -0.25) is 0 Å². The lowest BCUT2D eigenvalue weighted by molar-refractivity contribution is -0.0640. The summed E-state index contributed by atoms with van der Waals surface area (Å²) >= 11 is 0. The lowest BCUT2D eigenvalue weighted by Gasteiger charge is -2.37. The number of benzene rings is 1. The molecule has 0 radical (unpaired) electrons. The van der Waals surface area contributed by atoms with Crippen molar-refractivity contribution in [1.82, 2.24) is 4.31 Å². The molecule has 2 rings (SSSR count). The maximum atomic E-state index is 13.6. The fourth-order valence-electron chi connectivity index (χ4n) is 1.97. The van der Waals surface area contributed by atoms with E-state index in [2.05, 4.69) is 0 Å². The highest BCUT2D eigenvalue weighted by molar-refractivity contribution is 7.89. The Balaban J connectivity index is 2.35. The third-order valence-electron chi connectivity index (χ3n) is 2.85. The van der Waals surface area contributed by atoms with Crippen LogP contribution in [0.2, 0.25) is 0 Å². The van der Waals surface area contributed by atoms with Gasteiger partial charge in [-0.25, -0.2) is 12.8 Å². The molecular weight excluding hydrogens is 257 g/mol.